The van der Waals surface area contributed by atoms with Crippen molar-refractivity contribution in [3.63, 3.8) is 0 Å². The van der Waals surface area contributed by atoms with Crippen LogP contribution in [0, 0.1) is 5.82 Å². The molecule has 0 bridgehead atoms. The predicted octanol–water partition coefficient (Wildman–Crippen LogP) is 6.90. The van der Waals surface area contributed by atoms with Crippen LogP contribution in [0.1, 0.15) is 33.0 Å². The Balaban J connectivity index is 2.39. The van der Waals surface area contributed by atoms with E-state index in [0.717, 1.165) is 19.2 Å². The Labute approximate surface area is 218 Å². The molecular weight excluding hydrogens is 581 g/mol. The summed E-state index contributed by atoms with van der Waals surface area (Å²) >= 11 is 5.43. The lowest BCUT2D eigenvalue weighted by Crippen LogP contribution is -2.42. The fraction of sp³-hybridized carbons (Fsp3) is 0.304. The van der Waals surface area contributed by atoms with E-state index in [-0.39, 0.29) is 17.0 Å². The summed E-state index contributed by atoms with van der Waals surface area (Å²) in [5.74, 6) is -8.71. The number of likely N-dealkylation sites (N-methyl/N-ethyl adjacent to an activating group) is 1. The molecule has 0 aromatic heterocycles. The average Bonchev–Trinajstić information content (AvgIpc) is 2.79. The lowest BCUT2D eigenvalue weighted by molar-refractivity contribution is -0.157. The smallest absolute Gasteiger partial charge is 0.343 e. The molecule has 0 spiro atoms. The van der Waals surface area contributed by atoms with Crippen molar-refractivity contribution in [1.29, 1.82) is 0 Å². The van der Waals surface area contributed by atoms with Gasteiger partial charge in [0.15, 0.2) is 0 Å². The van der Waals surface area contributed by atoms with Crippen LogP contribution in [0.5, 0.6) is 0 Å². The Morgan fingerprint density at radius 1 is 1.00 bits per heavy atom. The van der Waals surface area contributed by atoms with E-state index in [2.05, 4.69) is 0 Å². The molecule has 0 heterocycles. The molecule has 0 radical (unpaired) electrons. The van der Waals surface area contributed by atoms with Crippen LogP contribution in [0.3, 0.4) is 0 Å². The van der Waals surface area contributed by atoms with Crippen LogP contribution in [0.4, 0.5) is 48.3 Å². The quantitative estimate of drug-likeness (QED) is 0.354. The van der Waals surface area contributed by atoms with Gasteiger partial charge in [0.2, 0.25) is 5.91 Å². The molecule has 1 N–H and O–H groups in total. The van der Waals surface area contributed by atoms with E-state index in [1.165, 1.54) is 0 Å². The topological polar surface area (TPSA) is 49.4 Å². The number of nitrogens with one attached hydrogen (secondary N) is 1. The van der Waals surface area contributed by atoms with E-state index in [0.29, 0.717) is 18.2 Å². The summed E-state index contributed by atoms with van der Waals surface area (Å²) in [6.45, 7) is -2.82. The summed E-state index contributed by atoms with van der Waals surface area (Å²) in [6, 6.07) is 2.90. The first-order valence-electron chi connectivity index (χ1n) is 10.4. The molecule has 2 aromatic carbocycles. The Morgan fingerprint density at radius 3 is 2.13 bits per heavy atom. The fourth-order valence-corrected chi connectivity index (χ4v) is 3.31. The summed E-state index contributed by atoms with van der Waals surface area (Å²) in [5, 5.41) is 1.18. The maximum absolute atomic E-state index is 14.8. The number of hydrogen-bond donors (Lipinski definition) is 1. The van der Waals surface area contributed by atoms with Crippen LogP contribution >= 0.6 is 11.6 Å². The highest BCUT2D eigenvalue weighted by Crippen LogP contribution is 2.40. The summed E-state index contributed by atoms with van der Waals surface area (Å²) < 4.78 is 147. The van der Waals surface area contributed by atoms with Crippen molar-refractivity contribution in [2.75, 3.05) is 20.1 Å². The molecule has 0 saturated heterocycles. The van der Waals surface area contributed by atoms with Crippen LogP contribution in [0.15, 0.2) is 42.5 Å². The van der Waals surface area contributed by atoms with Crippen LogP contribution in [-0.2, 0) is 11.0 Å². The third-order valence-corrected chi connectivity index (χ3v) is 5.36. The molecule has 214 valence electrons. The van der Waals surface area contributed by atoms with E-state index >= 15 is 0 Å². The molecule has 0 aliphatic heterocycles. The third kappa shape index (κ3) is 8.83. The number of nitrogens with zero attached hydrogens (tertiary/aromatic N) is 1. The molecule has 39 heavy (non-hydrogen) atoms. The monoisotopic (exact) mass is 596 g/mol. The van der Waals surface area contributed by atoms with Gasteiger partial charge in [0, 0.05) is 12.6 Å². The average molecular weight is 597 g/mol. The van der Waals surface area contributed by atoms with Gasteiger partial charge in [-0.15, -0.1) is 0 Å². The second-order valence-corrected chi connectivity index (χ2v) is 8.42. The summed E-state index contributed by atoms with van der Waals surface area (Å²) in [4.78, 5) is 24.1. The van der Waals surface area contributed by atoms with Crippen molar-refractivity contribution in [3.05, 3.63) is 75.6 Å². The van der Waals surface area contributed by atoms with E-state index in [9.17, 15) is 57.9 Å². The van der Waals surface area contributed by atoms with Crippen molar-refractivity contribution in [2.24, 2.45) is 0 Å². The zero-order valence-corrected chi connectivity index (χ0v) is 20.1. The van der Waals surface area contributed by atoms with Gasteiger partial charge in [-0.25, -0.2) is 8.78 Å². The summed E-state index contributed by atoms with van der Waals surface area (Å²) in [5.41, 5.74) is -4.81. The highest BCUT2D eigenvalue weighted by molar-refractivity contribution is 6.30. The summed E-state index contributed by atoms with van der Waals surface area (Å²) in [6.07, 6.45) is -15.4. The molecular formula is C23H16ClF11N2O2. The van der Waals surface area contributed by atoms with Crippen LogP contribution in [0.25, 0.3) is 5.83 Å². The van der Waals surface area contributed by atoms with Gasteiger partial charge in [-0.3, -0.25) is 9.59 Å². The number of amides is 2. The molecule has 1 atom stereocenters. The molecule has 2 rings (SSSR count). The molecule has 4 nitrogen and oxygen atoms in total. The van der Waals surface area contributed by atoms with Crippen LogP contribution < -0.4 is 5.32 Å². The van der Waals surface area contributed by atoms with Crippen molar-refractivity contribution >= 4 is 29.2 Å². The SMILES string of the molecule is CN(CC(F)(F)F)C(=O)CNC(=O)c1ccc(C(F)=CC(c2ccc(Cl)c(F)c2)C(F)(F)F)cc1C(F)(F)F. The minimum atomic E-state index is -5.34. The van der Waals surface area contributed by atoms with Gasteiger partial charge in [0.25, 0.3) is 5.91 Å². The fourth-order valence-electron chi connectivity index (χ4n) is 3.20. The van der Waals surface area contributed by atoms with E-state index < -0.39 is 88.3 Å². The van der Waals surface area contributed by atoms with Gasteiger partial charge >= 0.3 is 18.5 Å². The Morgan fingerprint density at radius 2 is 1.62 bits per heavy atom. The van der Waals surface area contributed by atoms with Crippen molar-refractivity contribution in [2.45, 2.75) is 24.4 Å². The zero-order chi connectivity index (χ0) is 29.9. The molecule has 0 saturated carbocycles. The molecule has 2 amide bonds. The van der Waals surface area contributed by atoms with Gasteiger partial charge in [0.05, 0.1) is 22.7 Å². The minimum Gasteiger partial charge on any atom is -0.343 e. The van der Waals surface area contributed by atoms with Gasteiger partial charge in [-0.2, -0.15) is 39.5 Å². The first kappa shape index (κ1) is 31.9. The van der Waals surface area contributed by atoms with Crippen molar-refractivity contribution in [1.82, 2.24) is 10.2 Å². The van der Waals surface area contributed by atoms with Gasteiger partial charge in [0.1, 0.15) is 24.1 Å². The Bertz CT molecular complexity index is 1250. The molecule has 2 aromatic rings. The zero-order valence-electron chi connectivity index (χ0n) is 19.3. The maximum Gasteiger partial charge on any atom is 0.417 e. The largest absolute Gasteiger partial charge is 0.417 e. The molecule has 0 fully saturated rings. The van der Waals surface area contributed by atoms with E-state index in [4.69, 9.17) is 11.6 Å². The minimum absolute atomic E-state index is 0.0359. The van der Waals surface area contributed by atoms with Crippen molar-refractivity contribution < 1.29 is 57.9 Å². The number of carbonyl (C=O) groups is 2. The first-order valence-corrected chi connectivity index (χ1v) is 10.8. The molecule has 0 aliphatic carbocycles. The molecule has 1 unspecified atom stereocenters. The number of hydrogen-bond acceptors (Lipinski definition) is 2. The maximum atomic E-state index is 14.8. The van der Waals surface area contributed by atoms with Crippen LogP contribution in [-0.4, -0.2) is 49.2 Å². The van der Waals surface area contributed by atoms with Gasteiger partial charge in [-0.05, 0) is 35.9 Å². The molecule has 0 aliphatic rings. The lowest BCUT2D eigenvalue weighted by Gasteiger charge is -2.20. The number of halogens is 12. The van der Waals surface area contributed by atoms with Gasteiger partial charge in [-0.1, -0.05) is 23.7 Å². The first-order chi connectivity index (χ1) is 17.7. The highest BCUT2D eigenvalue weighted by Gasteiger charge is 2.41. The lowest BCUT2D eigenvalue weighted by atomic mass is 9.95. The Kier molecular flexibility index (Phi) is 9.64. The van der Waals surface area contributed by atoms with Crippen LogP contribution in [0.2, 0.25) is 5.02 Å². The third-order valence-electron chi connectivity index (χ3n) is 5.06. The van der Waals surface area contributed by atoms with Gasteiger partial charge < -0.3 is 10.2 Å². The molecule has 16 heteroatoms. The van der Waals surface area contributed by atoms with Crippen molar-refractivity contribution in [3.8, 4) is 0 Å². The second-order valence-electron chi connectivity index (χ2n) is 8.01. The number of allylic oxidation sites excluding steroid dienone is 1. The van der Waals surface area contributed by atoms with E-state index in [1.807, 2.05) is 0 Å². The Hall–Kier alpha value is -3.36. The predicted molar refractivity (Wildman–Crippen MR) is 117 cm³/mol. The van der Waals surface area contributed by atoms with E-state index in [1.54, 1.807) is 5.32 Å². The second kappa shape index (κ2) is 11.8. The highest BCUT2D eigenvalue weighted by atomic mass is 35.5. The number of alkyl halides is 9. The number of rotatable bonds is 7. The number of benzene rings is 2. The standard InChI is InChI=1S/C23H16ClF11N2O2/c1-37(10-21(27,28)29)19(38)9-36-20(39)13-4-2-12(6-15(13)23(33,34)35)17(25)8-14(22(30,31)32)11-3-5-16(24)18(26)7-11/h2-8,14H,9-10H2,1H3,(H,36,39). The number of carbonyl (C=O) groups excluding carboxylic acids is 2. The normalized spacial score (nSPS) is 13.7. The summed E-state index contributed by atoms with van der Waals surface area (Å²) in [7, 11) is 0.736.